The number of ketones is 3. The lowest BCUT2D eigenvalue weighted by Gasteiger charge is -2.18. The number of benzene rings is 2. The smallest absolute Gasteiger partial charge is 0.188 e. The van der Waals surface area contributed by atoms with E-state index in [0.717, 1.165) is 0 Å². The van der Waals surface area contributed by atoms with Gasteiger partial charge in [0.25, 0.3) is 0 Å². The molecule has 0 aromatic heterocycles. The van der Waals surface area contributed by atoms with Crippen LogP contribution in [0.2, 0.25) is 0 Å². The quantitative estimate of drug-likeness (QED) is 0.605. The van der Waals surface area contributed by atoms with Gasteiger partial charge >= 0.3 is 0 Å². The van der Waals surface area contributed by atoms with Crippen LogP contribution in [0.15, 0.2) is 42.0 Å². The van der Waals surface area contributed by atoms with Crippen LogP contribution >= 0.6 is 0 Å². The summed E-state index contributed by atoms with van der Waals surface area (Å²) < 4.78 is 13.8. The zero-order chi connectivity index (χ0) is 19.6. The molecule has 0 radical (unpaired) electrons. The molecular weight excluding hydrogens is 349 g/mol. The lowest BCUT2D eigenvalue weighted by molar-refractivity contribution is -0.120. The minimum atomic E-state index is -0.579. The normalized spacial score (nSPS) is 13.0. The molecule has 0 unspecified atom stereocenters. The van der Waals surface area contributed by atoms with Gasteiger partial charge < -0.3 is 10.4 Å². The predicted octanol–water partition coefficient (Wildman–Crippen LogP) is 2.36. The van der Waals surface area contributed by atoms with E-state index in [1.54, 1.807) is 19.2 Å². The third-order valence-corrected chi connectivity index (χ3v) is 4.54. The van der Waals surface area contributed by atoms with Crippen molar-refractivity contribution in [3.63, 3.8) is 0 Å². The largest absolute Gasteiger partial charge is 0.388 e. The van der Waals surface area contributed by atoms with Crippen LogP contribution < -0.4 is 5.32 Å². The molecule has 2 N–H and O–H groups in total. The molecule has 0 saturated heterocycles. The second-order valence-corrected chi connectivity index (χ2v) is 6.31. The maximum absolute atomic E-state index is 13.8. The maximum Gasteiger partial charge on any atom is 0.188 e. The van der Waals surface area contributed by atoms with Crippen molar-refractivity contribution in [2.24, 2.45) is 0 Å². The number of carbonyl (C=O) groups excluding carboxylic acids is 3. The first-order valence-corrected chi connectivity index (χ1v) is 8.44. The van der Waals surface area contributed by atoms with Crippen LogP contribution in [0, 0.1) is 5.82 Å². The van der Waals surface area contributed by atoms with Gasteiger partial charge in [-0.1, -0.05) is 24.3 Å². The van der Waals surface area contributed by atoms with Crippen molar-refractivity contribution < 1.29 is 23.9 Å². The van der Waals surface area contributed by atoms with Crippen molar-refractivity contribution in [1.29, 1.82) is 0 Å². The van der Waals surface area contributed by atoms with Crippen LogP contribution in [0.3, 0.4) is 0 Å². The number of Topliss-reactive ketones (excluding diaryl/α,β-unsaturated/α-hetero) is 3. The fourth-order valence-electron chi connectivity index (χ4n) is 3.12. The van der Waals surface area contributed by atoms with E-state index in [1.165, 1.54) is 30.3 Å². The molecule has 1 aliphatic rings. The Bertz CT molecular complexity index is 961. The molecule has 2 aromatic carbocycles. The van der Waals surface area contributed by atoms with Gasteiger partial charge in [0.15, 0.2) is 17.3 Å². The molecule has 138 valence electrons. The van der Waals surface area contributed by atoms with E-state index in [1.807, 2.05) is 0 Å². The number of halogens is 1. The number of anilines is 1. The van der Waals surface area contributed by atoms with Gasteiger partial charge in [0.2, 0.25) is 0 Å². The number of carbonyl (C=O) groups is 3. The Morgan fingerprint density at radius 1 is 1.15 bits per heavy atom. The average Bonchev–Trinajstić information content (AvgIpc) is 2.67. The SMILES string of the molecule is CNc1cc(F)cc2c1CC(=O)C(C(=O)Cc1ccc(C(=O)CO)cc1)=C2. The molecule has 0 amide bonds. The summed E-state index contributed by atoms with van der Waals surface area (Å²) in [6.45, 7) is -0.579. The first-order valence-electron chi connectivity index (χ1n) is 8.44. The molecule has 3 rings (SSSR count). The summed E-state index contributed by atoms with van der Waals surface area (Å²) in [6.07, 6.45) is 1.47. The van der Waals surface area contributed by atoms with E-state index in [2.05, 4.69) is 5.32 Å². The minimum Gasteiger partial charge on any atom is -0.388 e. The number of allylic oxidation sites excluding steroid dienone is 1. The Morgan fingerprint density at radius 3 is 2.48 bits per heavy atom. The molecule has 1 aliphatic carbocycles. The van der Waals surface area contributed by atoms with E-state index in [0.29, 0.717) is 27.9 Å². The van der Waals surface area contributed by atoms with Crippen LogP contribution in [0.1, 0.15) is 27.0 Å². The van der Waals surface area contributed by atoms with Gasteiger partial charge in [-0.05, 0) is 34.9 Å². The van der Waals surface area contributed by atoms with Crippen molar-refractivity contribution in [3.8, 4) is 0 Å². The molecule has 0 saturated carbocycles. The third-order valence-electron chi connectivity index (χ3n) is 4.54. The van der Waals surface area contributed by atoms with Gasteiger partial charge in [0, 0.05) is 31.1 Å². The van der Waals surface area contributed by atoms with Gasteiger partial charge in [-0.2, -0.15) is 0 Å². The Labute approximate surface area is 155 Å². The van der Waals surface area contributed by atoms with Crippen LogP contribution in [0.4, 0.5) is 10.1 Å². The number of nitrogens with one attached hydrogen (secondary N) is 1. The van der Waals surface area contributed by atoms with Crippen molar-refractivity contribution in [2.75, 3.05) is 19.0 Å². The molecule has 6 heteroatoms. The number of fused-ring (bicyclic) bond motifs is 1. The summed E-state index contributed by atoms with van der Waals surface area (Å²) in [5, 5.41) is 11.7. The standard InChI is InChI=1S/C21H18FNO4/c1-23-18-9-15(22)7-14-8-17(20(26)10-16(14)18)19(25)6-12-2-4-13(5-3-12)21(27)11-24/h2-5,7-9,23-24H,6,10-11H2,1H3. The Morgan fingerprint density at radius 2 is 1.85 bits per heavy atom. The summed E-state index contributed by atoms with van der Waals surface area (Å²) in [7, 11) is 1.65. The molecule has 0 spiro atoms. The van der Waals surface area contributed by atoms with Gasteiger partial charge in [0.1, 0.15) is 12.4 Å². The zero-order valence-electron chi connectivity index (χ0n) is 14.7. The molecule has 0 bridgehead atoms. The van der Waals surface area contributed by atoms with Crippen LogP contribution in [0.5, 0.6) is 0 Å². The maximum atomic E-state index is 13.8. The summed E-state index contributed by atoms with van der Waals surface area (Å²) >= 11 is 0. The molecular formula is C21H18FNO4. The lowest BCUT2D eigenvalue weighted by Crippen LogP contribution is -2.21. The first kappa shape index (κ1) is 18.7. The van der Waals surface area contributed by atoms with Crippen LogP contribution in [-0.4, -0.2) is 36.1 Å². The Balaban J connectivity index is 1.85. The number of rotatable bonds is 6. The molecule has 5 nitrogen and oxygen atoms in total. The molecule has 0 fully saturated rings. The summed E-state index contributed by atoms with van der Waals surface area (Å²) in [5.41, 5.74) is 2.77. The predicted molar refractivity (Wildman–Crippen MR) is 99.2 cm³/mol. The molecule has 2 aromatic rings. The van der Waals surface area contributed by atoms with E-state index in [4.69, 9.17) is 5.11 Å². The lowest BCUT2D eigenvalue weighted by atomic mass is 9.86. The number of aliphatic hydroxyl groups is 1. The van der Waals surface area contributed by atoms with Gasteiger partial charge in [0.05, 0.1) is 5.57 Å². The van der Waals surface area contributed by atoms with Crippen molar-refractivity contribution in [2.45, 2.75) is 12.8 Å². The molecule has 0 atom stereocenters. The second-order valence-electron chi connectivity index (χ2n) is 6.31. The molecule has 0 heterocycles. The van der Waals surface area contributed by atoms with Crippen molar-refractivity contribution in [1.82, 2.24) is 0 Å². The highest BCUT2D eigenvalue weighted by atomic mass is 19.1. The number of aliphatic hydroxyl groups excluding tert-OH is 1. The summed E-state index contributed by atoms with van der Waals surface area (Å²) in [6, 6.07) is 8.92. The van der Waals surface area contributed by atoms with E-state index >= 15 is 0 Å². The fourth-order valence-corrected chi connectivity index (χ4v) is 3.12. The second kappa shape index (κ2) is 7.63. The van der Waals surface area contributed by atoms with Gasteiger partial charge in [-0.15, -0.1) is 0 Å². The monoisotopic (exact) mass is 367 g/mol. The average molecular weight is 367 g/mol. The number of hydrogen-bond acceptors (Lipinski definition) is 5. The highest BCUT2D eigenvalue weighted by Crippen LogP contribution is 2.30. The van der Waals surface area contributed by atoms with Crippen LogP contribution in [0.25, 0.3) is 6.08 Å². The van der Waals surface area contributed by atoms with Crippen molar-refractivity contribution in [3.05, 3.63) is 70.0 Å². The van der Waals surface area contributed by atoms with Crippen molar-refractivity contribution >= 4 is 29.1 Å². The third kappa shape index (κ3) is 3.85. The first-order chi connectivity index (χ1) is 12.9. The van der Waals surface area contributed by atoms with E-state index in [9.17, 15) is 18.8 Å². The highest BCUT2D eigenvalue weighted by Gasteiger charge is 2.26. The van der Waals surface area contributed by atoms with E-state index < -0.39 is 18.2 Å². The Hall–Kier alpha value is -3.12. The zero-order valence-corrected chi connectivity index (χ0v) is 14.7. The highest BCUT2D eigenvalue weighted by molar-refractivity contribution is 6.25. The minimum absolute atomic E-state index is 0.00526. The van der Waals surface area contributed by atoms with Crippen LogP contribution in [-0.2, 0) is 22.4 Å². The topological polar surface area (TPSA) is 83.5 Å². The van der Waals surface area contributed by atoms with Gasteiger partial charge in [-0.25, -0.2) is 4.39 Å². The molecule has 0 aliphatic heterocycles. The summed E-state index contributed by atoms with van der Waals surface area (Å²) in [4.78, 5) is 36.5. The van der Waals surface area contributed by atoms with Gasteiger partial charge in [-0.3, -0.25) is 14.4 Å². The van der Waals surface area contributed by atoms with E-state index in [-0.39, 0.29) is 30.0 Å². The summed E-state index contributed by atoms with van der Waals surface area (Å²) in [5.74, 6) is -1.51. The number of hydrogen-bond donors (Lipinski definition) is 2. The fraction of sp³-hybridized carbons (Fsp3) is 0.190. The Kier molecular flexibility index (Phi) is 5.28. The molecule has 27 heavy (non-hydrogen) atoms.